The van der Waals surface area contributed by atoms with E-state index in [0.29, 0.717) is 18.1 Å². The first-order valence-corrected chi connectivity index (χ1v) is 13.8. The highest BCUT2D eigenvalue weighted by atomic mass is 16.5. The van der Waals surface area contributed by atoms with Gasteiger partial charge in [0.2, 0.25) is 0 Å². The van der Waals surface area contributed by atoms with Gasteiger partial charge in [0.1, 0.15) is 5.75 Å². The second kappa shape index (κ2) is 11.6. The van der Waals surface area contributed by atoms with E-state index < -0.39 is 0 Å². The Morgan fingerprint density at radius 2 is 1.72 bits per heavy atom. The second-order valence-corrected chi connectivity index (χ2v) is 10.8. The number of carbonyl (C=O) groups excluding carboxylic acids is 1. The van der Waals surface area contributed by atoms with Crippen molar-refractivity contribution in [2.75, 3.05) is 26.7 Å². The van der Waals surface area contributed by atoms with Crippen molar-refractivity contribution < 1.29 is 9.53 Å². The lowest BCUT2D eigenvalue weighted by atomic mass is 9.87. The Morgan fingerprint density at radius 1 is 1.00 bits per heavy atom. The molecule has 0 aromatic heterocycles. The summed E-state index contributed by atoms with van der Waals surface area (Å²) in [4.78, 5) is 18.2. The molecule has 2 bridgehead atoms. The Balaban J connectivity index is 1.40. The van der Waals surface area contributed by atoms with Crippen LogP contribution in [0.1, 0.15) is 78.9 Å². The van der Waals surface area contributed by atoms with Crippen molar-refractivity contribution in [1.29, 1.82) is 0 Å². The fraction of sp³-hybridized carbons (Fsp3) is 0.516. The van der Waals surface area contributed by atoms with Crippen molar-refractivity contribution in [1.82, 2.24) is 15.1 Å². The average molecular weight is 488 g/mol. The Labute approximate surface area is 216 Å². The molecule has 3 aliphatic rings. The van der Waals surface area contributed by atoms with Crippen molar-refractivity contribution in [2.24, 2.45) is 0 Å². The smallest absolute Gasteiger partial charge is 0.251 e. The highest BCUT2D eigenvalue weighted by molar-refractivity contribution is 5.94. The number of methoxy groups -OCH3 is 1. The van der Waals surface area contributed by atoms with Crippen LogP contribution in [0.25, 0.3) is 0 Å². The van der Waals surface area contributed by atoms with Gasteiger partial charge in [-0.3, -0.25) is 14.6 Å². The zero-order valence-electron chi connectivity index (χ0n) is 21.7. The number of benzene rings is 2. The van der Waals surface area contributed by atoms with Crippen LogP contribution in [0, 0.1) is 0 Å². The molecule has 5 nitrogen and oxygen atoms in total. The number of rotatable bonds is 8. The summed E-state index contributed by atoms with van der Waals surface area (Å²) in [5.74, 6) is 0.936. The van der Waals surface area contributed by atoms with E-state index in [9.17, 15) is 4.79 Å². The van der Waals surface area contributed by atoms with Crippen molar-refractivity contribution in [3.8, 4) is 5.75 Å². The topological polar surface area (TPSA) is 44.8 Å². The van der Waals surface area contributed by atoms with Crippen LogP contribution >= 0.6 is 0 Å². The van der Waals surface area contributed by atoms with Gasteiger partial charge >= 0.3 is 0 Å². The Hall–Kier alpha value is -2.63. The first kappa shape index (κ1) is 25.0. The van der Waals surface area contributed by atoms with Crippen LogP contribution in [0.3, 0.4) is 0 Å². The van der Waals surface area contributed by atoms with Crippen molar-refractivity contribution in [3.05, 3.63) is 77.9 Å². The van der Waals surface area contributed by atoms with Gasteiger partial charge in [0.15, 0.2) is 0 Å². The van der Waals surface area contributed by atoms with E-state index in [1.54, 1.807) is 7.11 Å². The van der Waals surface area contributed by atoms with Gasteiger partial charge in [0, 0.05) is 43.3 Å². The van der Waals surface area contributed by atoms with E-state index in [-0.39, 0.29) is 11.9 Å². The summed E-state index contributed by atoms with van der Waals surface area (Å²) in [6.45, 7) is 7.05. The monoisotopic (exact) mass is 487 g/mol. The van der Waals surface area contributed by atoms with Gasteiger partial charge in [0.05, 0.1) is 13.2 Å². The molecular weight excluding hydrogens is 446 g/mol. The summed E-state index contributed by atoms with van der Waals surface area (Å²) in [6, 6.07) is 18.4. The zero-order valence-corrected chi connectivity index (χ0v) is 21.7. The normalized spacial score (nSPS) is 24.1. The maximum Gasteiger partial charge on any atom is 0.251 e. The van der Waals surface area contributed by atoms with Crippen LogP contribution in [0.2, 0.25) is 0 Å². The Bertz CT molecular complexity index is 1020. The second-order valence-electron chi connectivity index (χ2n) is 10.8. The number of nitrogens with zero attached hydrogens (tertiary/aromatic N) is 2. The summed E-state index contributed by atoms with van der Waals surface area (Å²) >= 11 is 0. The summed E-state index contributed by atoms with van der Waals surface area (Å²) in [5.41, 5.74) is 3.22. The van der Waals surface area contributed by atoms with Gasteiger partial charge in [-0.1, -0.05) is 56.0 Å². The molecule has 0 spiro atoms. The Kier molecular flexibility index (Phi) is 8.08. The fourth-order valence-electron chi connectivity index (χ4n) is 6.64. The summed E-state index contributed by atoms with van der Waals surface area (Å²) in [7, 11) is 1.73. The largest absolute Gasteiger partial charge is 0.497 e. The number of carbonyl (C=O) groups is 1. The molecule has 1 aliphatic carbocycles. The molecule has 1 amide bonds. The number of fused-ring (bicyclic) bond motifs is 2. The minimum Gasteiger partial charge on any atom is -0.497 e. The summed E-state index contributed by atoms with van der Waals surface area (Å²) in [6.07, 6.45) is 11.8. The molecule has 5 rings (SSSR count). The third kappa shape index (κ3) is 5.52. The predicted molar refractivity (Wildman–Crippen MR) is 146 cm³/mol. The number of ether oxygens (including phenoxy) is 1. The first-order valence-electron chi connectivity index (χ1n) is 13.8. The van der Waals surface area contributed by atoms with Crippen molar-refractivity contribution in [2.45, 2.75) is 75.5 Å². The fourth-order valence-corrected chi connectivity index (χ4v) is 6.64. The number of piperidine rings is 1. The average Bonchev–Trinajstić information content (AvgIpc) is 2.90. The molecule has 2 aliphatic heterocycles. The molecule has 2 aromatic rings. The molecule has 2 aromatic carbocycles. The van der Waals surface area contributed by atoms with Gasteiger partial charge < -0.3 is 10.1 Å². The maximum absolute atomic E-state index is 12.9. The van der Waals surface area contributed by atoms with E-state index >= 15 is 0 Å². The number of likely N-dealkylation sites (tertiary alicyclic amines) is 1. The van der Waals surface area contributed by atoms with E-state index in [1.807, 2.05) is 18.2 Å². The predicted octanol–water partition coefficient (Wildman–Crippen LogP) is 5.57. The van der Waals surface area contributed by atoms with Gasteiger partial charge in [-0.25, -0.2) is 0 Å². The van der Waals surface area contributed by atoms with E-state index in [1.165, 1.54) is 49.7 Å². The lowest BCUT2D eigenvalue weighted by Crippen LogP contribution is -2.61. The lowest BCUT2D eigenvalue weighted by Gasteiger charge is -2.52. The molecule has 36 heavy (non-hydrogen) atoms. The molecule has 192 valence electrons. The number of hydrogen-bond donors (Lipinski definition) is 1. The lowest BCUT2D eigenvalue weighted by molar-refractivity contribution is -0.0128. The molecule has 1 saturated carbocycles. The molecule has 0 radical (unpaired) electrons. The summed E-state index contributed by atoms with van der Waals surface area (Å²) < 4.78 is 5.58. The number of amides is 1. The third-order valence-corrected chi connectivity index (χ3v) is 8.45. The van der Waals surface area contributed by atoms with E-state index in [2.05, 4.69) is 58.1 Å². The molecular formula is C31H41N3O2. The van der Waals surface area contributed by atoms with Crippen LogP contribution in [-0.4, -0.2) is 60.6 Å². The first-order chi connectivity index (χ1) is 17.7. The number of piperazine rings is 1. The standard InChI is InChI=1S/C31H41N3O2/c1-3-19-34-27-12-8-13-28(34)22-33(21-27)30(25-9-7-14-29(20-25)36-2)23-15-17-24(18-16-23)31(35)32-26-10-5-4-6-11-26/h3,7,9,14-18,20,26-28,30H,1,4-6,8,10-13,19,21-22H2,2H3,(H,32,35). The Morgan fingerprint density at radius 3 is 2.39 bits per heavy atom. The van der Waals surface area contributed by atoms with Gasteiger partial charge in [-0.05, 0) is 61.1 Å². The van der Waals surface area contributed by atoms with Crippen molar-refractivity contribution >= 4 is 5.91 Å². The number of hydrogen-bond acceptors (Lipinski definition) is 4. The van der Waals surface area contributed by atoms with Gasteiger partial charge in [0.25, 0.3) is 5.91 Å². The van der Waals surface area contributed by atoms with Crippen LogP contribution in [-0.2, 0) is 0 Å². The minimum atomic E-state index is 0.0546. The molecule has 2 heterocycles. The SMILES string of the molecule is C=CCN1C2CCCC1CN(C(c1ccc(C(=O)NC3CCCCC3)cc1)c1cccc(OC)c1)C2. The van der Waals surface area contributed by atoms with E-state index in [4.69, 9.17) is 4.74 Å². The molecule has 5 heteroatoms. The van der Waals surface area contributed by atoms with Crippen LogP contribution < -0.4 is 10.1 Å². The maximum atomic E-state index is 12.9. The van der Waals surface area contributed by atoms with Gasteiger partial charge in [-0.15, -0.1) is 6.58 Å². The van der Waals surface area contributed by atoms with Crippen LogP contribution in [0.15, 0.2) is 61.2 Å². The quantitative estimate of drug-likeness (QED) is 0.495. The minimum absolute atomic E-state index is 0.0546. The van der Waals surface area contributed by atoms with Crippen molar-refractivity contribution in [3.63, 3.8) is 0 Å². The van der Waals surface area contributed by atoms with Gasteiger partial charge in [-0.2, -0.15) is 0 Å². The zero-order chi connectivity index (χ0) is 24.9. The molecule has 3 fully saturated rings. The summed E-state index contributed by atoms with van der Waals surface area (Å²) in [5, 5.41) is 3.26. The van der Waals surface area contributed by atoms with Crippen LogP contribution in [0.4, 0.5) is 0 Å². The highest BCUT2D eigenvalue weighted by Crippen LogP contribution is 2.37. The molecule has 3 unspecified atom stereocenters. The third-order valence-electron chi connectivity index (χ3n) is 8.45. The van der Waals surface area contributed by atoms with Crippen LogP contribution in [0.5, 0.6) is 5.75 Å². The molecule has 2 saturated heterocycles. The van der Waals surface area contributed by atoms with E-state index in [0.717, 1.165) is 43.8 Å². The number of nitrogens with one attached hydrogen (secondary N) is 1. The molecule has 3 atom stereocenters. The molecule has 1 N–H and O–H groups in total. The highest BCUT2D eigenvalue weighted by Gasteiger charge is 2.39.